The molecule has 0 spiro atoms. The van der Waals surface area contributed by atoms with E-state index >= 15 is 0 Å². The molecule has 7 heteroatoms. The molecule has 0 saturated carbocycles. The van der Waals surface area contributed by atoms with E-state index < -0.39 is 0 Å². The zero-order chi connectivity index (χ0) is 18.8. The first-order valence-corrected chi connectivity index (χ1v) is 8.64. The Kier molecular flexibility index (Phi) is 4.42. The first-order valence-electron chi connectivity index (χ1n) is 8.64. The molecule has 4 rings (SSSR count). The molecule has 0 radical (unpaired) electrons. The van der Waals surface area contributed by atoms with Crippen molar-refractivity contribution in [2.24, 2.45) is 0 Å². The van der Waals surface area contributed by atoms with Gasteiger partial charge in [0.15, 0.2) is 5.82 Å². The maximum Gasteiger partial charge on any atom is 0.159 e. The minimum atomic E-state index is -0.248. The van der Waals surface area contributed by atoms with E-state index in [0.29, 0.717) is 17.2 Å². The molecule has 0 bridgehead atoms. The van der Waals surface area contributed by atoms with E-state index in [4.69, 9.17) is 0 Å². The number of nitrogens with zero attached hydrogens (tertiary/aromatic N) is 4. The Morgan fingerprint density at radius 2 is 1.96 bits per heavy atom. The van der Waals surface area contributed by atoms with Gasteiger partial charge in [0.25, 0.3) is 0 Å². The van der Waals surface area contributed by atoms with Crippen molar-refractivity contribution in [1.82, 2.24) is 19.5 Å². The third-order valence-corrected chi connectivity index (χ3v) is 4.44. The third kappa shape index (κ3) is 3.31. The van der Waals surface area contributed by atoms with E-state index in [2.05, 4.69) is 25.6 Å². The van der Waals surface area contributed by atoms with E-state index in [1.165, 1.54) is 6.07 Å². The van der Waals surface area contributed by atoms with E-state index in [1.54, 1.807) is 30.9 Å². The summed E-state index contributed by atoms with van der Waals surface area (Å²) < 4.78 is 15.9. The normalized spacial score (nSPS) is 12.1. The van der Waals surface area contributed by atoms with Crippen LogP contribution in [-0.4, -0.2) is 26.6 Å². The summed E-state index contributed by atoms with van der Waals surface area (Å²) in [5.41, 5.74) is 3.36. The van der Waals surface area contributed by atoms with Gasteiger partial charge in [-0.1, -0.05) is 18.2 Å². The van der Waals surface area contributed by atoms with Gasteiger partial charge < -0.3 is 10.6 Å². The van der Waals surface area contributed by atoms with Crippen LogP contribution in [0.15, 0.2) is 61.2 Å². The van der Waals surface area contributed by atoms with Crippen LogP contribution in [0.25, 0.3) is 16.9 Å². The summed E-state index contributed by atoms with van der Waals surface area (Å²) >= 11 is 0. The van der Waals surface area contributed by atoms with Crippen LogP contribution in [-0.2, 0) is 0 Å². The van der Waals surface area contributed by atoms with Gasteiger partial charge in [0.1, 0.15) is 18.0 Å². The topological polar surface area (TPSA) is 67.7 Å². The highest BCUT2D eigenvalue weighted by molar-refractivity contribution is 5.81. The lowest BCUT2D eigenvalue weighted by Gasteiger charge is -2.16. The number of hydrogen-bond acceptors (Lipinski definition) is 5. The SMILES string of the molecule is CNc1ccc2ncn(-c3cncc(N[C@@H](C)c4ccccc4F)n3)c2c1. The molecule has 2 aromatic carbocycles. The molecule has 136 valence electrons. The highest BCUT2D eigenvalue weighted by Gasteiger charge is 2.12. The van der Waals surface area contributed by atoms with Crippen LogP contribution in [0.4, 0.5) is 15.9 Å². The van der Waals surface area contributed by atoms with Crippen LogP contribution in [0.3, 0.4) is 0 Å². The maximum atomic E-state index is 14.0. The summed E-state index contributed by atoms with van der Waals surface area (Å²) in [4.78, 5) is 13.3. The first-order chi connectivity index (χ1) is 13.2. The van der Waals surface area contributed by atoms with Crippen LogP contribution in [0.1, 0.15) is 18.5 Å². The highest BCUT2D eigenvalue weighted by atomic mass is 19.1. The van der Waals surface area contributed by atoms with Crippen molar-refractivity contribution >= 4 is 22.5 Å². The Morgan fingerprint density at radius 1 is 1.11 bits per heavy atom. The van der Waals surface area contributed by atoms with Gasteiger partial charge in [0.05, 0.1) is 29.5 Å². The Hall–Kier alpha value is -3.48. The molecule has 0 aliphatic rings. The zero-order valence-corrected chi connectivity index (χ0v) is 15.0. The number of rotatable bonds is 5. The fraction of sp³-hybridized carbons (Fsp3) is 0.150. The van der Waals surface area contributed by atoms with E-state index in [-0.39, 0.29) is 11.9 Å². The molecule has 2 heterocycles. The second-order valence-electron chi connectivity index (χ2n) is 6.22. The van der Waals surface area contributed by atoms with Crippen molar-refractivity contribution in [3.8, 4) is 5.82 Å². The van der Waals surface area contributed by atoms with Gasteiger partial charge in [-0.05, 0) is 31.2 Å². The van der Waals surface area contributed by atoms with Crippen LogP contribution < -0.4 is 10.6 Å². The van der Waals surface area contributed by atoms with Crippen molar-refractivity contribution in [3.63, 3.8) is 0 Å². The molecule has 0 aliphatic carbocycles. The molecular weight excluding hydrogens is 343 g/mol. The molecule has 2 N–H and O–H groups in total. The molecule has 0 fully saturated rings. The Bertz CT molecular complexity index is 1090. The summed E-state index contributed by atoms with van der Waals surface area (Å²) in [5.74, 6) is 0.952. The number of anilines is 2. The maximum absolute atomic E-state index is 14.0. The van der Waals surface area contributed by atoms with Gasteiger partial charge in [-0.3, -0.25) is 9.55 Å². The van der Waals surface area contributed by atoms with E-state index in [0.717, 1.165) is 16.7 Å². The van der Waals surface area contributed by atoms with Crippen LogP contribution in [0.2, 0.25) is 0 Å². The van der Waals surface area contributed by atoms with Crippen molar-refractivity contribution < 1.29 is 4.39 Å². The summed E-state index contributed by atoms with van der Waals surface area (Å²) in [6.45, 7) is 1.89. The van der Waals surface area contributed by atoms with Crippen LogP contribution in [0.5, 0.6) is 0 Å². The lowest BCUT2D eigenvalue weighted by molar-refractivity contribution is 0.600. The molecule has 0 unspecified atom stereocenters. The fourth-order valence-corrected chi connectivity index (χ4v) is 3.01. The molecule has 2 aromatic heterocycles. The molecule has 0 amide bonds. The third-order valence-electron chi connectivity index (χ3n) is 4.44. The van der Waals surface area contributed by atoms with Crippen LogP contribution >= 0.6 is 0 Å². The molecule has 27 heavy (non-hydrogen) atoms. The number of nitrogens with one attached hydrogen (secondary N) is 2. The Morgan fingerprint density at radius 3 is 2.78 bits per heavy atom. The second kappa shape index (κ2) is 7.03. The van der Waals surface area contributed by atoms with Crippen molar-refractivity contribution in [3.05, 3.63) is 72.6 Å². The average molecular weight is 362 g/mol. The standard InChI is InChI=1S/C20H19FN6/c1-13(15-5-3-4-6-16(15)21)25-19-10-23-11-20(26-19)27-12-24-17-8-7-14(22-2)9-18(17)27/h3-13,22H,1-2H3,(H,25,26)/t13-/m0/s1. The number of imidazole rings is 1. The van der Waals surface area contributed by atoms with Crippen LogP contribution in [0, 0.1) is 5.82 Å². The quantitative estimate of drug-likeness (QED) is 0.558. The summed E-state index contributed by atoms with van der Waals surface area (Å²) in [6, 6.07) is 12.4. The number of aromatic nitrogens is 4. The van der Waals surface area contributed by atoms with Gasteiger partial charge in [-0.25, -0.2) is 14.4 Å². The minimum absolute atomic E-state index is 0.244. The van der Waals surface area contributed by atoms with Gasteiger partial charge in [-0.15, -0.1) is 0 Å². The molecule has 4 aromatic rings. The highest BCUT2D eigenvalue weighted by Crippen LogP contribution is 2.23. The van der Waals surface area contributed by atoms with Gasteiger partial charge in [-0.2, -0.15) is 0 Å². The lowest BCUT2D eigenvalue weighted by Crippen LogP contribution is -2.11. The van der Waals surface area contributed by atoms with Gasteiger partial charge in [0, 0.05) is 18.3 Å². The number of halogens is 1. The summed E-state index contributed by atoms with van der Waals surface area (Å²) in [5, 5.41) is 6.34. The first kappa shape index (κ1) is 17.0. The lowest BCUT2D eigenvalue weighted by atomic mass is 10.1. The molecule has 0 saturated heterocycles. The average Bonchev–Trinajstić information content (AvgIpc) is 3.11. The molecular formula is C20H19FN6. The summed E-state index contributed by atoms with van der Waals surface area (Å²) in [7, 11) is 1.87. The predicted octanol–water partition coefficient (Wildman–Crippen LogP) is 4.17. The van der Waals surface area contributed by atoms with Gasteiger partial charge in [0.2, 0.25) is 0 Å². The predicted molar refractivity (Wildman–Crippen MR) is 105 cm³/mol. The van der Waals surface area contributed by atoms with Crippen molar-refractivity contribution in [2.75, 3.05) is 17.7 Å². The smallest absolute Gasteiger partial charge is 0.159 e. The van der Waals surface area contributed by atoms with Crippen molar-refractivity contribution in [1.29, 1.82) is 0 Å². The number of benzene rings is 2. The zero-order valence-electron chi connectivity index (χ0n) is 15.0. The second-order valence-corrected chi connectivity index (χ2v) is 6.22. The molecule has 0 aliphatic heterocycles. The number of fused-ring (bicyclic) bond motifs is 1. The summed E-state index contributed by atoms with van der Waals surface area (Å²) in [6.07, 6.45) is 5.02. The van der Waals surface area contributed by atoms with Crippen molar-refractivity contribution in [2.45, 2.75) is 13.0 Å². The van der Waals surface area contributed by atoms with E-state index in [1.807, 2.05) is 42.8 Å². The monoisotopic (exact) mass is 362 g/mol. The van der Waals surface area contributed by atoms with Gasteiger partial charge >= 0.3 is 0 Å². The Labute approximate surface area is 156 Å². The molecule has 1 atom stereocenters. The number of hydrogen-bond donors (Lipinski definition) is 2. The fourth-order valence-electron chi connectivity index (χ4n) is 3.01. The van der Waals surface area contributed by atoms with E-state index in [9.17, 15) is 4.39 Å². The largest absolute Gasteiger partial charge is 0.388 e. The minimum Gasteiger partial charge on any atom is -0.388 e. The molecule has 6 nitrogen and oxygen atoms in total. The Balaban J connectivity index is 1.66.